The molecule has 0 bridgehead atoms. The van der Waals surface area contributed by atoms with E-state index in [4.69, 9.17) is 4.74 Å². The number of fused-ring (bicyclic) bond motifs is 1. The molecule has 1 aromatic heterocycles. The summed E-state index contributed by atoms with van der Waals surface area (Å²) in [5.41, 5.74) is 1.14. The van der Waals surface area contributed by atoms with E-state index in [2.05, 4.69) is 4.98 Å². The summed E-state index contributed by atoms with van der Waals surface area (Å²) >= 11 is 0. The van der Waals surface area contributed by atoms with Gasteiger partial charge in [0, 0.05) is 17.7 Å². The fourth-order valence-corrected chi connectivity index (χ4v) is 2.71. The van der Waals surface area contributed by atoms with Crippen LogP contribution in [0.4, 0.5) is 0 Å². The summed E-state index contributed by atoms with van der Waals surface area (Å²) in [5, 5.41) is 1.10. The molecule has 2 aromatic rings. The first-order chi connectivity index (χ1) is 9.67. The van der Waals surface area contributed by atoms with Crippen molar-refractivity contribution in [1.29, 1.82) is 0 Å². The van der Waals surface area contributed by atoms with Crippen molar-refractivity contribution in [3.8, 4) is 0 Å². The first-order valence-corrected chi connectivity index (χ1v) is 7.19. The highest BCUT2D eigenvalue weighted by atomic mass is 16.5. The average Bonchev–Trinajstić information content (AvgIpc) is 2.48. The Bertz CT molecular complexity index is 630. The molecule has 1 unspecified atom stereocenters. The third-order valence-electron chi connectivity index (χ3n) is 4.06. The molecule has 0 spiro atoms. The summed E-state index contributed by atoms with van der Waals surface area (Å²) in [5.74, 6) is 0.139. The third-order valence-corrected chi connectivity index (χ3v) is 4.06. The molecule has 0 saturated carbocycles. The van der Waals surface area contributed by atoms with Crippen LogP contribution in [0.25, 0.3) is 10.9 Å². The topological polar surface area (TPSA) is 39.2 Å². The average molecular weight is 269 g/mol. The van der Waals surface area contributed by atoms with Gasteiger partial charge in [0.1, 0.15) is 5.60 Å². The second-order valence-corrected chi connectivity index (χ2v) is 5.63. The van der Waals surface area contributed by atoms with Gasteiger partial charge in [-0.15, -0.1) is 0 Å². The van der Waals surface area contributed by atoms with Crippen LogP contribution in [0, 0.1) is 0 Å². The molecule has 1 atom stereocenters. The van der Waals surface area contributed by atoms with Crippen molar-refractivity contribution < 1.29 is 9.53 Å². The molecule has 3 rings (SSSR count). The predicted octanol–water partition coefficient (Wildman–Crippen LogP) is 3.31. The summed E-state index contributed by atoms with van der Waals surface area (Å²) < 4.78 is 5.71. The van der Waals surface area contributed by atoms with Crippen LogP contribution < -0.4 is 0 Å². The number of hydrogen-bond acceptors (Lipinski definition) is 3. The van der Waals surface area contributed by atoms with E-state index >= 15 is 0 Å². The van der Waals surface area contributed by atoms with Crippen LogP contribution in [0.3, 0.4) is 0 Å². The Kier molecular flexibility index (Phi) is 3.53. The number of carbonyl (C=O) groups is 1. The van der Waals surface area contributed by atoms with Gasteiger partial charge in [0.25, 0.3) is 0 Å². The lowest BCUT2D eigenvalue weighted by molar-refractivity contribution is -0.147. The lowest BCUT2D eigenvalue weighted by atomic mass is 9.89. The fourth-order valence-electron chi connectivity index (χ4n) is 2.71. The van der Waals surface area contributed by atoms with E-state index < -0.39 is 5.60 Å². The third kappa shape index (κ3) is 2.59. The predicted molar refractivity (Wildman–Crippen MR) is 78.7 cm³/mol. The van der Waals surface area contributed by atoms with E-state index in [-0.39, 0.29) is 5.78 Å². The lowest BCUT2D eigenvalue weighted by Crippen LogP contribution is -2.42. The van der Waals surface area contributed by atoms with E-state index in [1.807, 2.05) is 43.3 Å². The zero-order valence-corrected chi connectivity index (χ0v) is 11.8. The monoisotopic (exact) mass is 269 g/mol. The maximum Gasteiger partial charge on any atom is 0.170 e. The van der Waals surface area contributed by atoms with Gasteiger partial charge in [-0.3, -0.25) is 9.78 Å². The van der Waals surface area contributed by atoms with Crippen LogP contribution in [0.15, 0.2) is 36.4 Å². The molecule has 0 aliphatic carbocycles. The van der Waals surface area contributed by atoms with Crippen molar-refractivity contribution in [2.24, 2.45) is 0 Å². The summed E-state index contributed by atoms with van der Waals surface area (Å²) in [7, 11) is 0. The normalized spacial score (nSPS) is 22.9. The van der Waals surface area contributed by atoms with Crippen LogP contribution in [-0.4, -0.2) is 23.0 Å². The highest BCUT2D eigenvalue weighted by Gasteiger charge is 2.35. The molecule has 104 valence electrons. The van der Waals surface area contributed by atoms with Gasteiger partial charge in [0.15, 0.2) is 5.78 Å². The molecular formula is C17H19NO2. The Morgan fingerprint density at radius 2 is 2.10 bits per heavy atom. The zero-order valence-electron chi connectivity index (χ0n) is 11.8. The van der Waals surface area contributed by atoms with Crippen LogP contribution in [0.1, 0.15) is 31.9 Å². The quantitative estimate of drug-likeness (QED) is 0.858. The SMILES string of the molecule is CC1(C(=O)Cc2ccc3ccccc3n2)CCCCO1. The van der Waals surface area contributed by atoms with Crippen LogP contribution in [0.2, 0.25) is 0 Å². The van der Waals surface area contributed by atoms with E-state index in [9.17, 15) is 4.79 Å². The Labute approximate surface area is 119 Å². The largest absolute Gasteiger partial charge is 0.367 e. The molecule has 2 heterocycles. The number of pyridine rings is 1. The first kappa shape index (κ1) is 13.3. The molecule has 0 radical (unpaired) electrons. The maximum atomic E-state index is 12.5. The van der Waals surface area contributed by atoms with Gasteiger partial charge in [-0.05, 0) is 38.3 Å². The number of Topliss-reactive ketones (excluding diaryl/α,β-unsaturated/α-hetero) is 1. The van der Waals surface area contributed by atoms with Gasteiger partial charge in [-0.25, -0.2) is 0 Å². The van der Waals surface area contributed by atoms with Crippen molar-refractivity contribution in [2.75, 3.05) is 6.61 Å². The Balaban J connectivity index is 1.80. The number of ether oxygens (including phenoxy) is 1. The highest BCUT2D eigenvalue weighted by molar-refractivity contribution is 5.89. The molecule has 3 nitrogen and oxygen atoms in total. The number of rotatable bonds is 3. The van der Waals surface area contributed by atoms with Gasteiger partial charge in [0.2, 0.25) is 0 Å². The second-order valence-electron chi connectivity index (χ2n) is 5.63. The Morgan fingerprint density at radius 3 is 2.90 bits per heavy atom. The summed E-state index contributed by atoms with van der Waals surface area (Å²) in [6.45, 7) is 2.60. The number of benzene rings is 1. The Morgan fingerprint density at radius 1 is 1.25 bits per heavy atom. The van der Waals surface area contributed by atoms with Gasteiger partial charge in [-0.1, -0.05) is 24.3 Å². The molecule has 0 N–H and O–H groups in total. The van der Waals surface area contributed by atoms with Crippen LogP contribution >= 0.6 is 0 Å². The molecular weight excluding hydrogens is 250 g/mol. The van der Waals surface area contributed by atoms with E-state index in [1.54, 1.807) is 0 Å². The van der Waals surface area contributed by atoms with Crippen LogP contribution in [-0.2, 0) is 16.0 Å². The van der Waals surface area contributed by atoms with Crippen molar-refractivity contribution in [1.82, 2.24) is 4.98 Å². The zero-order chi connectivity index (χ0) is 14.0. The van der Waals surface area contributed by atoms with E-state index in [1.165, 1.54) is 0 Å². The van der Waals surface area contributed by atoms with E-state index in [0.717, 1.165) is 35.9 Å². The minimum Gasteiger partial charge on any atom is -0.367 e. The van der Waals surface area contributed by atoms with Crippen LogP contribution in [0.5, 0.6) is 0 Å². The van der Waals surface area contributed by atoms with E-state index in [0.29, 0.717) is 13.0 Å². The van der Waals surface area contributed by atoms with Crippen molar-refractivity contribution in [3.05, 3.63) is 42.1 Å². The Hall–Kier alpha value is -1.74. The maximum absolute atomic E-state index is 12.5. The lowest BCUT2D eigenvalue weighted by Gasteiger charge is -2.32. The van der Waals surface area contributed by atoms with Gasteiger partial charge in [0.05, 0.1) is 11.9 Å². The van der Waals surface area contributed by atoms with Crippen molar-refractivity contribution >= 4 is 16.7 Å². The minimum absolute atomic E-state index is 0.139. The van der Waals surface area contributed by atoms with Crippen molar-refractivity contribution in [3.63, 3.8) is 0 Å². The number of hydrogen-bond donors (Lipinski definition) is 0. The molecule has 1 aliphatic heterocycles. The molecule has 1 aromatic carbocycles. The van der Waals surface area contributed by atoms with Crippen molar-refractivity contribution in [2.45, 2.75) is 38.2 Å². The molecule has 20 heavy (non-hydrogen) atoms. The van der Waals surface area contributed by atoms with Gasteiger partial charge in [-0.2, -0.15) is 0 Å². The minimum atomic E-state index is -0.619. The number of aromatic nitrogens is 1. The highest BCUT2D eigenvalue weighted by Crippen LogP contribution is 2.26. The fraction of sp³-hybridized carbons (Fsp3) is 0.412. The number of ketones is 1. The second kappa shape index (κ2) is 5.33. The number of nitrogens with zero attached hydrogens (tertiary/aromatic N) is 1. The number of para-hydroxylation sites is 1. The molecule has 1 saturated heterocycles. The summed E-state index contributed by atoms with van der Waals surface area (Å²) in [6.07, 6.45) is 3.28. The molecule has 3 heteroatoms. The first-order valence-electron chi connectivity index (χ1n) is 7.19. The smallest absolute Gasteiger partial charge is 0.170 e. The molecule has 0 amide bonds. The molecule has 1 fully saturated rings. The van der Waals surface area contributed by atoms with Gasteiger partial charge >= 0.3 is 0 Å². The standard InChI is InChI=1S/C17H19NO2/c1-17(10-4-5-11-20-17)16(19)12-14-9-8-13-6-2-3-7-15(13)18-14/h2-3,6-9H,4-5,10-12H2,1H3. The van der Waals surface area contributed by atoms with Gasteiger partial charge < -0.3 is 4.74 Å². The summed E-state index contributed by atoms with van der Waals surface area (Å²) in [4.78, 5) is 17.0. The molecule has 1 aliphatic rings. The number of carbonyl (C=O) groups excluding carboxylic acids is 1. The summed E-state index contributed by atoms with van der Waals surface area (Å²) in [6, 6.07) is 11.9.